The number of carbonyl (C=O) groups is 3. The minimum Gasteiger partial charge on any atom is -0.356 e. The number of benzene rings is 2. The summed E-state index contributed by atoms with van der Waals surface area (Å²) in [6.45, 7) is 4.21. The molecule has 6 heteroatoms. The van der Waals surface area contributed by atoms with E-state index < -0.39 is 0 Å². The third kappa shape index (κ3) is 5.18. The number of carbonyl (C=O) groups excluding carboxylic acids is 3. The number of amides is 3. The van der Waals surface area contributed by atoms with Crippen molar-refractivity contribution >= 4 is 23.4 Å². The lowest BCUT2D eigenvalue weighted by molar-refractivity contribution is -0.139. The molecular weight excluding hydrogens is 402 g/mol. The fourth-order valence-corrected chi connectivity index (χ4v) is 4.59. The summed E-state index contributed by atoms with van der Waals surface area (Å²) in [5.74, 6) is -0.241. The highest BCUT2D eigenvalue weighted by atomic mass is 16.2. The Morgan fingerprint density at radius 1 is 0.969 bits per heavy atom. The quantitative estimate of drug-likeness (QED) is 0.762. The molecule has 32 heavy (non-hydrogen) atoms. The minimum atomic E-state index is -0.306. The normalized spacial score (nSPS) is 19.3. The third-order valence-corrected chi connectivity index (χ3v) is 6.55. The van der Waals surface area contributed by atoms with Crippen LogP contribution >= 0.6 is 0 Å². The van der Waals surface area contributed by atoms with Gasteiger partial charge in [0.2, 0.25) is 17.7 Å². The van der Waals surface area contributed by atoms with Crippen LogP contribution in [0.5, 0.6) is 0 Å². The van der Waals surface area contributed by atoms with E-state index in [-0.39, 0.29) is 36.0 Å². The molecule has 3 amide bonds. The highest BCUT2D eigenvalue weighted by Gasteiger charge is 2.38. The summed E-state index contributed by atoms with van der Waals surface area (Å²) in [6.07, 6.45) is 2.42. The predicted octanol–water partition coefficient (Wildman–Crippen LogP) is 2.95. The Morgan fingerprint density at radius 2 is 1.66 bits per heavy atom. The van der Waals surface area contributed by atoms with Crippen LogP contribution in [0, 0.1) is 18.8 Å². The highest BCUT2D eigenvalue weighted by Crippen LogP contribution is 2.28. The Labute approximate surface area is 189 Å². The number of nitrogens with zero attached hydrogens (tertiary/aromatic N) is 2. The average Bonchev–Trinajstić information content (AvgIpc) is 3.21. The van der Waals surface area contributed by atoms with Crippen LogP contribution in [0.1, 0.15) is 30.4 Å². The van der Waals surface area contributed by atoms with Gasteiger partial charge in [-0.2, -0.15) is 0 Å². The van der Waals surface area contributed by atoms with Crippen LogP contribution < -0.4 is 10.2 Å². The molecule has 4 rings (SSSR count). The lowest BCUT2D eigenvalue weighted by Crippen LogP contribution is -2.45. The molecule has 0 saturated carbocycles. The predicted molar refractivity (Wildman–Crippen MR) is 124 cm³/mol. The fourth-order valence-electron chi connectivity index (χ4n) is 4.59. The molecule has 1 N–H and O–H groups in total. The number of piperidine rings is 1. The summed E-state index contributed by atoms with van der Waals surface area (Å²) >= 11 is 0. The van der Waals surface area contributed by atoms with Gasteiger partial charge in [0.1, 0.15) is 0 Å². The number of hydrogen-bond acceptors (Lipinski definition) is 3. The molecule has 0 aromatic heterocycles. The molecule has 2 fully saturated rings. The zero-order chi connectivity index (χ0) is 22.5. The molecule has 2 heterocycles. The van der Waals surface area contributed by atoms with Crippen LogP contribution in [-0.2, 0) is 20.8 Å². The minimum absolute atomic E-state index is 0.000108. The van der Waals surface area contributed by atoms with Crippen LogP contribution in [0.4, 0.5) is 5.69 Å². The van der Waals surface area contributed by atoms with Gasteiger partial charge in [-0.15, -0.1) is 0 Å². The Bertz CT molecular complexity index is 950. The van der Waals surface area contributed by atoms with E-state index in [2.05, 4.69) is 17.4 Å². The van der Waals surface area contributed by atoms with Crippen molar-refractivity contribution in [3.8, 4) is 0 Å². The number of rotatable bonds is 6. The molecular formula is C26H31N3O3. The SMILES string of the molecule is Cc1ccc(N2CC(C(=O)N3CCC(C(=O)NCCc4ccccc4)CC3)CC2=O)cc1. The first-order chi connectivity index (χ1) is 15.5. The molecule has 2 aromatic rings. The molecule has 2 aromatic carbocycles. The molecule has 1 unspecified atom stereocenters. The van der Waals surface area contributed by atoms with Gasteiger partial charge in [-0.3, -0.25) is 14.4 Å². The van der Waals surface area contributed by atoms with E-state index in [0.29, 0.717) is 39.0 Å². The molecule has 0 bridgehead atoms. The van der Waals surface area contributed by atoms with Gasteiger partial charge in [0.25, 0.3) is 0 Å². The van der Waals surface area contributed by atoms with Crippen molar-refractivity contribution in [2.45, 2.75) is 32.6 Å². The molecule has 0 spiro atoms. The summed E-state index contributed by atoms with van der Waals surface area (Å²) in [5.41, 5.74) is 3.20. The standard InChI is InChI=1S/C26H31N3O3/c1-19-7-9-23(10-8-19)29-18-22(17-24(29)30)26(32)28-15-12-21(13-16-28)25(31)27-14-11-20-5-3-2-4-6-20/h2-10,21-22H,11-18H2,1H3,(H,27,31). The first-order valence-electron chi connectivity index (χ1n) is 11.5. The van der Waals surface area contributed by atoms with Gasteiger partial charge in [-0.05, 0) is 43.9 Å². The lowest BCUT2D eigenvalue weighted by Gasteiger charge is -2.33. The Kier molecular flexibility index (Phi) is 6.88. The van der Waals surface area contributed by atoms with E-state index in [4.69, 9.17) is 0 Å². The molecule has 0 aliphatic carbocycles. The smallest absolute Gasteiger partial charge is 0.228 e. The number of hydrogen-bond donors (Lipinski definition) is 1. The van der Waals surface area contributed by atoms with Crippen molar-refractivity contribution in [1.29, 1.82) is 0 Å². The first kappa shape index (κ1) is 22.1. The Hall–Kier alpha value is -3.15. The summed E-state index contributed by atoms with van der Waals surface area (Å²) in [5, 5.41) is 3.04. The zero-order valence-corrected chi connectivity index (χ0v) is 18.6. The second kappa shape index (κ2) is 9.98. The maximum Gasteiger partial charge on any atom is 0.228 e. The molecule has 168 valence electrons. The number of nitrogens with one attached hydrogen (secondary N) is 1. The van der Waals surface area contributed by atoms with E-state index in [1.165, 1.54) is 5.56 Å². The van der Waals surface area contributed by atoms with E-state index in [1.807, 2.05) is 54.3 Å². The van der Waals surface area contributed by atoms with Crippen LogP contribution in [0.3, 0.4) is 0 Å². The maximum absolute atomic E-state index is 13.0. The second-order valence-electron chi connectivity index (χ2n) is 8.87. The van der Waals surface area contributed by atoms with Gasteiger partial charge in [0.15, 0.2) is 0 Å². The molecule has 2 aliphatic rings. The maximum atomic E-state index is 13.0. The summed E-state index contributed by atoms with van der Waals surface area (Å²) in [4.78, 5) is 41.6. The number of likely N-dealkylation sites (tertiary alicyclic amines) is 1. The van der Waals surface area contributed by atoms with Crippen molar-refractivity contribution in [2.75, 3.05) is 31.1 Å². The summed E-state index contributed by atoms with van der Waals surface area (Å²) in [7, 11) is 0. The molecule has 0 radical (unpaired) electrons. The monoisotopic (exact) mass is 433 g/mol. The zero-order valence-electron chi connectivity index (χ0n) is 18.6. The van der Waals surface area contributed by atoms with Gasteiger partial charge in [0.05, 0.1) is 5.92 Å². The van der Waals surface area contributed by atoms with E-state index in [1.54, 1.807) is 4.90 Å². The number of aryl methyl sites for hydroxylation is 1. The van der Waals surface area contributed by atoms with Crippen molar-refractivity contribution in [1.82, 2.24) is 10.2 Å². The molecule has 2 aliphatic heterocycles. The Morgan fingerprint density at radius 3 is 2.34 bits per heavy atom. The van der Waals surface area contributed by atoms with Gasteiger partial charge >= 0.3 is 0 Å². The second-order valence-corrected chi connectivity index (χ2v) is 8.87. The third-order valence-electron chi connectivity index (χ3n) is 6.55. The summed E-state index contributed by atoms with van der Waals surface area (Å²) in [6, 6.07) is 17.9. The van der Waals surface area contributed by atoms with Crippen molar-refractivity contribution in [3.63, 3.8) is 0 Å². The van der Waals surface area contributed by atoms with Crippen LogP contribution in [0.15, 0.2) is 54.6 Å². The highest BCUT2D eigenvalue weighted by molar-refractivity contribution is 6.00. The van der Waals surface area contributed by atoms with Crippen molar-refractivity contribution < 1.29 is 14.4 Å². The van der Waals surface area contributed by atoms with Gasteiger partial charge in [-0.25, -0.2) is 0 Å². The van der Waals surface area contributed by atoms with Gasteiger partial charge in [-0.1, -0.05) is 48.0 Å². The fraction of sp³-hybridized carbons (Fsp3) is 0.423. The number of anilines is 1. The van der Waals surface area contributed by atoms with Gasteiger partial charge in [0, 0.05) is 44.2 Å². The largest absolute Gasteiger partial charge is 0.356 e. The topological polar surface area (TPSA) is 69.7 Å². The van der Waals surface area contributed by atoms with Crippen LogP contribution in [0.2, 0.25) is 0 Å². The van der Waals surface area contributed by atoms with Gasteiger partial charge < -0.3 is 15.1 Å². The summed E-state index contributed by atoms with van der Waals surface area (Å²) < 4.78 is 0. The molecule has 2 saturated heterocycles. The van der Waals surface area contributed by atoms with Crippen molar-refractivity contribution in [2.24, 2.45) is 11.8 Å². The van der Waals surface area contributed by atoms with Crippen LogP contribution in [0.25, 0.3) is 0 Å². The molecule has 6 nitrogen and oxygen atoms in total. The Balaban J connectivity index is 1.23. The first-order valence-corrected chi connectivity index (χ1v) is 11.5. The van der Waals surface area contributed by atoms with Crippen LogP contribution in [-0.4, -0.2) is 48.8 Å². The lowest BCUT2D eigenvalue weighted by atomic mass is 9.94. The average molecular weight is 434 g/mol. The van der Waals surface area contributed by atoms with Crippen molar-refractivity contribution in [3.05, 3.63) is 65.7 Å². The van der Waals surface area contributed by atoms with E-state index in [0.717, 1.165) is 17.7 Å². The molecule has 1 atom stereocenters. The van der Waals surface area contributed by atoms with E-state index >= 15 is 0 Å². The van der Waals surface area contributed by atoms with E-state index in [9.17, 15) is 14.4 Å².